The van der Waals surface area contributed by atoms with Gasteiger partial charge in [0.25, 0.3) is 0 Å². The van der Waals surface area contributed by atoms with E-state index in [-0.39, 0.29) is 5.60 Å². The van der Waals surface area contributed by atoms with Crippen LogP contribution in [0.4, 0.5) is 0 Å². The highest BCUT2D eigenvalue weighted by Gasteiger charge is 2.41. The summed E-state index contributed by atoms with van der Waals surface area (Å²) in [5.41, 5.74) is -0.361. The molecule has 2 nitrogen and oxygen atoms in total. The van der Waals surface area contributed by atoms with Crippen LogP contribution in [0, 0.1) is 5.92 Å². The third kappa shape index (κ3) is 2.17. The van der Waals surface area contributed by atoms with Crippen LogP contribution in [0.2, 0.25) is 4.28 Å². The second-order valence-electron chi connectivity index (χ2n) is 5.84. The maximum atomic E-state index is 9.95. The molecule has 0 radical (unpaired) electrons. The van der Waals surface area contributed by atoms with Crippen LogP contribution in [0.25, 0.3) is 0 Å². The Labute approximate surface area is 94.9 Å². The van der Waals surface area contributed by atoms with Gasteiger partial charge < -0.3 is 10.4 Å². The molecule has 1 aliphatic carbocycles. The number of rotatable bonds is 1. The first-order valence-electron chi connectivity index (χ1n) is 5.95. The summed E-state index contributed by atoms with van der Waals surface area (Å²) >= 11 is 1.30. The number of aliphatic hydroxyl groups is 1. The van der Waals surface area contributed by atoms with Crippen LogP contribution in [0.3, 0.4) is 0 Å². The molecule has 0 bridgehead atoms. The fourth-order valence-electron chi connectivity index (χ4n) is 3.02. The minimum Gasteiger partial charge on any atom is -0.390 e. The van der Waals surface area contributed by atoms with Gasteiger partial charge in [-0.3, -0.25) is 0 Å². The minimum absolute atomic E-state index is 0.361. The van der Waals surface area contributed by atoms with Crippen LogP contribution in [0.15, 0.2) is 0 Å². The summed E-state index contributed by atoms with van der Waals surface area (Å²) in [6.45, 7) is 4.44. The van der Waals surface area contributed by atoms with Gasteiger partial charge in [0.1, 0.15) is 0 Å². The lowest BCUT2D eigenvalue weighted by atomic mass is 9.73. The molecule has 1 saturated carbocycles. The first-order chi connectivity index (χ1) is 6.52. The molecule has 1 heterocycles. The lowest BCUT2D eigenvalue weighted by Gasteiger charge is -2.44. The van der Waals surface area contributed by atoms with E-state index in [1.165, 1.54) is 48.6 Å². The van der Waals surface area contributed by atoms with Crippen molar-refractivity contribution in [3.8, 4) is 0 Å². The molecule has 0 unspecified atom stereocenters. The van der Waals surface area contributed by atoms with Crippen LogP contribution in [-0.2, 0) is 0 Å². The van der Waals surface area contributed by atoms with E-state index >= 15 is 0 Å². The van der Waals surface area contributed by atoms with Gasteiger partial charge >= 0.3 is 0 Å². The number of hydrogen-bond donors (Lipinski definition) is 2. The van der Waals surface area contributed by atoms with E-state index in [1.807, 2.05) is 6.92 Å². The molecule has 0 spiro atoms. The van der Waals surface area contributed by atoms with Crippen molar-refractivity contribution in [2.45, 2.75) is 48.9 Å². The summed E-state index contributed by atoms with van der Waals surface area (Å²) in [6.07, 6.45) is 5.93. The molecule has 0 aromatic rings. The molecular formula is C11H22AlNO. The third-order valence-corrected chi connectivity index (χ3v) is 6.33. The van der Waals surface area contributed by atoms with Crippen molar-refractivity contribution in [2.24, 2.45) is 5.92 Å². The topological polar surface area (TPSA) is 32.3 Å². The molecule has 1 saturated heterocycles. The molecule has 2 rings (SSSR count). The zero-order valence-electron chi connectivity index (χ0n) is 9.47. The Morgan fingerprint density at radius 3 is 2.43 bits per heavy atom. The van der Waals surface area contributed by atoms with Crippen molar-refractivity contribution in [3.05, 3.63) is 0 Å². The first-order valence-corrected chi connectivity index (χ1v) is 6.95. The van der Waals surface area contributed by atoms with Crippen molar-refractivity contribution in [1.82, 2.24) is 5.32 Å². The highest BCUT2D eigenvalue weighted by Crippen LogP contribution is 2.50. The highest BCUT2D eigenvalue weighted by molar-refractivity contribution is 6.15. The Hall–Kier alpha value is 0.452. The molecule has 2 aliphatic rings. The Morgan fingerprint density at radius 1 is 1.29 bits per heavy atom. The van der Waals surface area contributed by atoms with Crippen LogP contribution >= 0.6 is 0 Å². The Morgan fingerprint density at radius 2 is 1.93 bits per heavy atom. The van der Waals surface area contributed by atoms with E-state index in [9.17, 15) is 5.11 Å². The Balaban J connectivity index is 1.97. The van der Waals surface area contributed by atoms with E-state index in [0.717, 1.165) is 18.8 Å². The van der Waals surface area contributed by atoms with E-state index in [2.05, 4.69) is 5.32 Å². The molecule has 0 amide bonds. The van der Waals surface area contributed by atoms with Gasteiger partial charge in [-0.05, 0) is 45.2 Å². The molecule has 2 N–H and O–H groups in total. The van der Waals surface area contributed by atoms with E-state index in [0.29, 0.717) is 4.28 Å². The predicted molar refractivity (Wildman–Crippen MR) is 61.3 cm³/mol. The van der Waals surface area contributed by atoms with Gasteiger partial charge in [0.15, 0.2) is 0 Å². The standard InChI is InChI=1S/C11H20NO.Al.2H/c1-11(13)5-2-9(3-6-11)10-4-7-12-8-10;;;/h10,12-13H,2-8H2,1H3;;;/t10-;;;/m1.../s1. The monoisotopic (exact) mass is 211 g/mol. The van der Waals surface area contributed by atoms with Gasteiger partial charge in [-0.15, -0.1) is 0 Å². The van der Waals surface area contributed by atoms with E-state index in [4.69, 9.17) is 0 Å². The van der Waals surface area contributed by atoms with Crippen LogP contribution < -0.4 is 5.32 Å². The third-order valence-electron chi connectivity index (χ3n) is 4.52. The lowest BCUT2D eigenvalue weighted by Crippen LogP contribution is -2.37. The molecule has 1 aliphatic heterocycles. The zero-order valence-corrected chi connectivity index (χ0v) is 11.5. The van der Waals surface area contributed by atoms with Crippen molar-refractivity contribution in [1.29, 1.82) is 0 Å². The summed E-state index contributed by atoms with van der Waals surface area (Å²) in [4.78, 5) is 0. The maximum Gasteiger partial charge on any atom is 0.221 e. The minimum atomic E-state index is -0.361. The normalized spacial score (nSPS) is 49.4. The molecule has 14 heavy (non-hydrogen) atoms. The largest absolute Gasteiger partial charge is 0.390 e. The van der Waals surface area contributed by atoms with Crippen molar-refractivity contribution < 1.29 is 5.11 Å². The van der Waals surface area contributed by atoms with Gasteiger partial charge in [0.2, 0.25) is 16.3 Å². The predicted octanol–water partition coefficient (Wildman–Crippen LogP) is 0.713. The molecule has 2 fully saturated rings. The summed E-state index contributed by atoms with van der Waals surface area (Å²) in [5.74, 6) is 0.908. The molecular weight excluding hydrogens is 189 g/mol. The van der Waals surface area contributed by atoms with Gasteiger partial charge in [-0.2, -0.15) is 0 Å². The summed E-state index contributed by atoms with van der Waals surface area (Å²) in [7, 11) is 0. The highest BCUT2D eigenvalue weighted by atomic mass is 27.0. The van der Waals surface area contributed by atoms with Crippen molar-refractivity contribution >= 4 is 16.3 Å². The van der Waals surface area contributed by atoms with Gasteiger partial charge in [-0.1, -0.05) is 17.1 Å². The summed E-state index contributed by atoms with van der Waals surface area (Å²) in [6, 6.07) is 0. The summed E-state index contributed by atoms with van der Waals surface area (Å²) < 4.78 is 0.631. The van der Waals surface area contributed by atoms with Crippen molar-refractivity contribution in [2.75, 3.05) is 13.1 Å². The summed E-state index contributed by atoms with van der Waals surface area (Å²) in [5, 5.41) is 13.4. The van der Waals surface area contributed by atoms with Crippen LogP contribution in [-0.4, -0.2) is 40.1 Å². The van der Waals surface area contributed by atoms with E-state index < -0.39 is 0 Å². The lowest BCUT2D eigenvalue weighted by molar-refractivity contribution is 0.00450. The number of nitrogens with one attached hydrogen (secondary N) is 1. The molecule has 1 atom stereocenters. The van der Waals surface area contributed by atoms with Gasteiger partial charge in [0.05, 0.1) is 5.60 Å². The SMILES string of the molecule is CC1(O)CC[C]([AlH2])([C@@H]2CCNC2)CC1. The van der Waals surface area contributed by atoms with E-state index in [1.54, 1.807) is 0 Å². The fraction of sp³-hybridized carbons (Fsp3) is 1.00. The van der Waals surface area contributed by atoms with Gasteiger partial charge in [0, 0.05) is 0 Å². The average Bonchev–Trinajstić information content (AvgIpc) is 2.64. The quantitative estimate of drug-likeness (QED) is 0.626. The Kier molecular flexibility index (Phi) is 2.97. The average molecular weight is 211 g/mol. The maximum absolute atomic E-state index is 9.95. The molecule has 0 aromatic heterocycles. The van der Waals surface area contributed by atoms with Crippen LogP contribution in [0.1, 0.15) is 39.0 Å². The zero-order chi connectivity index (χ0) is 10.2. The second-order valence-corrected chi connectivity index (χ2v) is 7.83. The fourth-order valence-corrected chi connectivity index (χ4v) is 4.01. The molecule has 80 valence electrons. The van der Waals surface area contributed by atoms with Gasteiger partial charge in [-0.25, -0.2) is 0 Å². The smallest absolute Gasteiger partial charge is 0.221 e. The molecule has 3 heteroatoms. The first kappa shape index (κ1) is 11.0. The van der Waals surface area contributed by atoms with Crippen molar-refractivity contribution in [3.63, 3.8) is 0 Å². The molecule has 0 aromatic carbocycles. The second kappa shape index (κ2) is 3.79. The number of hydrogen-bond acceptors (Lipinski definition) is 2. The Bertz CT molecular complexity index is 201. The van der Waals surface area contributed by atoms with Crippen LogP contribution in [0.5, 0.6) is 0 Å².